The third-order valence-corrected chi connectivity index (χ3v) is 4.45. The fraction of sp³-hybridized carbons (Fsp3) is 0.364. The summed E-state index contributed by atoms with van der Waals surface area (Å²) in [7, 11) is -4.17. The normalized spacial score (nSPS) is 11.8. The van der Waals surface area contributed by atoms with E-state index in [4.69, 9.17) is 5.11 Å². The molecule has 0 amide bonds. The third-order valence-electron chi connectivity index (χ3n) is 2.44. The maximum Gasteiger partial charge on any atom is 0.304 e. The fourth-order valence-corrected chi connectivity index (χ4v) is 2.99. The Balaban J connectivity index is 3.09. The summed E-state index contributed by atoms with van der Waals surface area (Å²) in [6.07, 6.45) is -0.393. The van der Waals surface area contributed by atoms with Crippen LogP contribution in [0.15, 0.2) is 23.1 Å². The van der Waals surface area contributed by atoms with E-state index in [1.807, 2.05) is 0 Å². The van der Waals surface area contributed by atoms with E-state index in [0.717, 1.165) is 16.4 Å². The van der Waals surface area contributed by atoms with Crippen molar-refractivity contribution < 1.29 is 27.1 Å². The standard InChI is InChI=1S/C11H13F2NO4S/c1-2-14(6-5-11(15)16)19(17,18)10-4-3-8(12)7-9(10)13/h3-4,7H,2,5-6H2,1H3,(H,15,16). The summed E-state index contributed by atoms with van der Waals surface area (Å²) in [5.41, 5.74) is 0. The van der Waals surface area contributed by atoms with Crippen molar-refractivity contribution in [1.29, 1.82) is 0 Å². The highest BCUT2D eigenvalue weighted by Gasteiger charge is 2.26. The highest BCUT2D eigenvalue weighted by molar-refractivity contribution is 7.89. The van der Waals surface area contributed by atoms with Gasteiger partial charge in [0.2, 0.25) is 10.0 Å². The molecule has 0 aliphatic rings. The Morgan fingerprint density at radius 2 is 2.00 bits per heavy atom. The minimum absolute atomic E-state index is 0.00751. The number of nitrogens with zero attached hydrogens (tertiary/aromatic N) is 1. The predicted molar refractivity (Wildman–Crippen MR) is 63.0 cm³/mol. The van der Waals surface area contributed by atoms with Crippen molar-refractivity contribution in [1.82, 2.24) is 4.31 Å². The fourth-order valence-electron chi connectivity index (χ4n) is 1.49. The van der Waals surface area contributed by atoms with Crippen LogP contribution in [0.2, 0.25) is 0 Å². The Labute approximate surface area is 109 Å². The maximum absolute atomic E-state index is 13.5. The number of carboxylic acids is 1. The van der Waals surface area contributed by atoms with Gasteiger partial charge in [-0.15, -0.1) is 0 Å². The highest BCUT2D eigenvalue weighted by Crippen LogP contribution is 2.20. The second kappa shape index (κ2) is 6.07. The van der Waals surface area contributed by atoms with Crippen LogP contribution in [0.4, 0.5) is 8.78 Å². The summed E-state index contributed by atoms with van der Waals surface area (Å²) in [4.78, 5) is 9.78. The van der Waals surface area contributed by atoms with Gasteiger partial charge in [0.25, 0.3) is 0 Å². The van der Waals surface area contributed by atoms with Gasteiger partial charge in [0.1, 0.15) is 16.5 Å². The van der Waals surface area contributed by atoms with Crippen molar-refractivity contribution in [2.24, 2.45) is 0 Å². The minimum Gasteiger partial charge on any atom is -0.481 e. The number of hydrogen-bond donors (Lipinski definition) is 1. The van der Waals surface area contributed by atoms with Gasteiger partial charge in [0.15, 0.2) is 0 Å². The van der Waals surface area contributed by atoms with Crippen LogP contribution in [-0.4, -0.2) is 36.9 Å². The molecule has 5 nitrogen and oxygen atoms in total. The zero-order valence-corrected chi connectivity index (χ0v) is 11.0. The van der Waals surface area contributed by atoms with Gasteiger partial charge in [0.05, 0.1) is 6.42 Å². The average molecular weight is 293 g/mol. The van der Waals surface area contributed by atoms with Crippen LogP contribution in [0.5, 0.6) is 0 Å². The second-order valence-corrected chi connectivity index (χ2v) is 5.62. The van der Waals surface area contributed by atoms with Crippen LogP contribution in [0.25, 0.3) is 0 Å². The molecule has 8 heteroatoms. The number of carboxylic acid groups (broad SMARTS) is 1. The lowest BCUT2D eigenvalue weighted by molar-refractivity contribution is -0.137. The number of hydrogen-bond acceptors (Lipinski definition) is 3. The second-order valence-electron chi connectivity index (χ2n) is 3.72. The van der Waals surface area contributed by atoms with E-state index in [1.54, 1.807) is 0 Å². The largest absolute Gasteiger partial charge is 0.481 e. The van der Waals surface area contributed by atoms with Crippen molar-refractivity contribution >= 4 is 16.0 Å². The number of halogens is 2. The van der Waals surface area contributed by atoms with Gasteiger partial charge < -0.3 is 5.11 Å². The maximum atomic E-state index is 13.5. The van der Waals surface area contributed by atoms with Gasteiger partial charge in [-0.25, -0.2) is 17.2 Å². The monoisotopic (exact) mass is 293 g/mol. The molecule has 1 N–H and O–H groups in total. The first-order valence-electron chi connectivity index (χ1n) is 5.46. The average Bonchev–Trinajstić information content (AvgIpc) is 2.28. The van der Waals surface area contributed by atoms with E-state index >= 15 is 0 Å². The predicted octanol–water partition coefficient (Wildman–Crippen LogP) is 1.45. The molecule has 0 bridgehead atoms. The molecule has 0 spiro atoms. The van der Waals surface area contributed by atoms with Crippen LogP contribution in [0.1, 0.15) is 13.3 Å². The number of sulfonamides is 1. The van der Waals surface area contributed by atoms with E-state index in [0.29, 0.717) is 6.07 Å². The highest BCUT2D eigenvalue weighted by atomic mass is 32.2. The van der Waals surface area contributed by atoms with Crippen molar-refractivity contribution in [2.75, 3.05) is 13.1 Å². The number of aliphatic carboxylic acids is 1. The van der Waals surface area contributed by atoms with Crippen LogP contribution in [0.3, 0.4) is 0 Å². The molecule has 1 aromatic carbocycles. The van der Waals surface area contributed by atoms with Crippen LogP contribution in [0, 0.1) is 11.6 Å². The van der Waals surface area contributed by atoms with E-state index < -0.39 is 38.9 Å². The number of carbonyl (C=O) groups is 1. The first-order chi connectivity index (χ1) is 8.78. The smallest absolute Gasteiger partial charge is 0.304 e. The van der Waals surface area contributed by atoms with Gasteiger partial charge in [-0.1, -0.05) is 6.92 Å². The lowest BCUT2D eigenvalue weighted by Gasteiger charge is -2.19. The Kier molecular flexibility index (Phi) is 4.96. The van der Waals surface area contributed by atoms with E-state index in [-0.39, 0.29) is 13.1 Å². The van der Waals surface area contributed by atoms with Crippen molar-refractivity contribution in [3.8, 4) is 0 Å². The lowest BCUT2D eigenvalue weighted by Crippen LogP contribution is -2.33. The van der Waals surface area contributed by atoms with Crippen molar-refractivity contribution in [3.05, 3.63) is 29.8 Å². The summed E-state index contributed by atoms with van der Waals surface area (Å²) in [5, 5.41) is 8.54. The first-order valence-corrected chi connectivity index (χ1v) is 6.90. The van der Waals surface area contributed by atoms with Crippen molar-refractivity contribution in [2.45, 2.75) is 18.2 Å². The molecular weight excluding hydrogens is 280 g/mol. The number of rotatable bonds is 6. The molecule has 0 saturated heterocycles. The summed E-state index contributed by atoms with van der Waals surface area (Å²) in [5.74, 6) is -3.24. The molecule has 1 rings (SSSR count). The van der Waals surface area contributed by atoms with Gasteiger partial charge in [-0.05, 0) is 12.1 Å². The molecule has 0 atom stereocenters. The molecule has 0 aromatic heterocycles. The molecule has 0 saturated carbocycles. The van der Waals surface area contributed by atoms with Gasteiger partial charge >= 0.3 is 5.97 Å². The van der Waals surface area contributed by atoms with Gasteiger partial charge in [-0.2, -0.15) is 4.31 Å². The molecule has 1 aromatic rings. The Morgan fingerprint density at radius 1 is 1.37 bits per heavy atom. The summed E-state index contributed by atoms with van der Waals surface area (Å²) in [6.45, 7) is 1.22. The molecule has 0 radical (unpaired) electrons. The van der Waals surface area contributed by atoms with E-state index in [9.17, 15) is 22.0 Å². The molecule has 106 valence electrons. The lowest BCUT2D eigenvalue weighted by atomic mass is 10.3. The topological polar surface area (TPSA) is 74.7 Å². The Morgan fingerprint density at radius 3 is 2.47 bits per heavy atom. The Hall–Kier alpha value is -1.54. The van der Waals surface area contributed by atoms with Crippen LogP contribution in [-0.2, 0) is 14.8 Å². The molecule has 0 aliphatic carbocycles. The van der Waals surface area contributed by atoms with Gasteiger partial charge in [-0.3, -0.25) is 4.79 Å². The SMILES string of the molecule is CCN(CCC(=O)O)S(=O)(=O)c1ccc(F)cc1F. The van der Waals surface area contributed by atoms with E-state index in [1.165, 1.54) is 6.92 Å². The summed E-state index contributed by atoms with van der Waals surface area (Å²) in [6, 6.07) is 2.13. The van der Waals surface area contributed by atoms with Crippen LogP contribution >= 0.6 is 0 Å². The summed E-state index contributed by atoms with van der Waals surface area (Å²) >= 11 is 0. The van der Waals surface area contributed by atoms with Gasteiger partial charge in [0, 0.05) is 19.2 Å². The quantitative estimate of drug-likeness (QED) is 0.861. The molecular formula is C11H13F2NO4S. The molecule has 0 unspecified atom stereocenters. The minimum atomic E-state index is -4.17. The Bertz CT molecular complexity index is 574. The molecule has 0 aliphatic heterocycles. The molecule has 0 fully saturated rings. The zero-order chi connectivity index (χ0) is 14.6. The zero-order valence-electron chi connectivity index (χ0n) is 10.1. The molecule has 19 heavy (non-hydrogen) atoms. The molecule has 0 heterocycles. The van der Waals surface area contributed by atoms with E-state index in [2.05, 4.69) is 0 Å². The van der Waals surface area contributed by atoms with Crippen molar-refractivity contribution in [3.63, 3.8) is 0 Å². The number of benzene rings is 1. The summed E-state index contributed by atoms with van der Waals surface area (Å²) < 4.78 is 51.2. The first kappa shape index (κ1) is 15.5. The van der Waals surface area contributed by atoms with Crippen LogP contribution < -0.4 is 0 Å². The third kappa shape index (κ3) is 3.71.